The maximum atomic E-state index is 12.8. The van der Waals surface area contributed by atoms with Gasteiger partial charge in [0.1, 0.15) is 4.90 Å². The second kappa shape index (κ2) is 6.17. The summed E-state index contributed by atoms with van der Waals surface area (Å²) in [5.74, 6) is 0. The van der Waals surface area contributed by atoms with E-state index in [1.165, 1.54) is 4.31 Å². The second-order valence-corrected chi connectivity index (χ2v) is 7.57. The minimum atomic E-state index is -3.64. The number of nitrogens with zero attached hydrogens (tertiary/aromatic N) is 1. The van der Waals surface area contributed by atoms with Crippen LogP contribution in [0, 0.1) is 6.92 Å². The van der Waals surface area contributed by atoms with Crippen molar-refractivity contribution in [1.29, 1.82) is 0 Å². The lowest BCUT2D eigenvalue weighted by Crippen LogP contribution is -2.27. The molecule has 6 heteroatoms. The Bertz CT molecular complexity index is 743. The van der Waals surface area contributed by atoms with Gasteiger partial charge in [-0.15, -0.1) is 0 Å². The van der Waals surface area contributed by atoms with Gasteiger partial charge in [0.15, 0.2) is 0 Å². The summed E-state index contributed by atoms with van der Waals surface area (Å²) in [4.78, 5) is 0.216. The van der Waals surface area contributed by atoms with E-state index in [0.717, 1.165) is 11.1 Å². The van der Waals surface area contributed by atoms with Crippen molar-refractivity contribution in [2.75, 3.05) is 11.4 Å². The molecule has 0 aliphatic carbocycles. The summed E-state index contributed by atoms with van der Waals surface area (Å²) >= 11 is 3.30. The molecule has 0 aliphatic rings. The van der Waals surface area contributed by atoms with Gasteiger partial charge in [-0.1, -0.05) is 23.8 Å². The Morgan fingerprint density at radius 2 is 1.76 bits per heavy atom. The van der Waals surface area contributed by atoms with Gasteiger partial charge in [0.05, 0.1) is 5.69 Å². The van der Waals surface area contributed by atoms with Crippen molar-refractivity contribution in [3.8, 4) is 0 Å². The molecule has 0 aromatic heterocycles. The fraction of sp³-hybridized carbons (Fsp3) is 0.200. The van der Waals surface area contributed by atoms with Gasteiger partial charge in [0.25, 0.3) is 10.0 Å². The predicted molar refractivity (Wildman–Crippen MR) is 88.8 cm³/mol. The molecular weight excluding hydrogens is 352 g/mol. The van der Waals surface area contributed by atoms with E-state index >= 15 is 0 Å². The molecule has 2 aromatic rings. The molecule has 0 aliphatic heterocycles. The highest BCUT2D eigenvalue weighted by atomic mass is 79.9. The first-order valence-electron chi connectivity index (χ1n) is 6.40. The summed E-state index contributed by atoms with van der Waals surface area (Å²) in [6, 6.07) is 12.4. The Morgan fingerprint density at radius 1 is 1.14 bits per heavy atom. The molecule has 0 unspecified atom stereocenters. The number of sulfonamides is 1. The first-order valence-corrected chi connectivity index (χ1v) is 8.63. The molecule has 2 aromatic carbocycles. The molecule has 2 rings (SSSR count). The molecule has 0 spiro atoms. The van der Waals surface area contributed by atoms with Gasteiger partial charge >= 0.3 is 0 Å². The van der Waals surface area contributed by atoms with Crippen molar-refractivity contribution in [1.82, 2.24) is 0 Å². The van der Waals surface area contributed by atoms with Crippen LogP contribution in [0.15, 0.2) is 51.8 Å². The Hall–Kier alpha value is -1.37. The highest BCUT2D eigenvalue weighted by Gasteiger charge is 2.24. The number of rotatable bonds is 4. The Balaban J connectivity index is 2.48. The lowest BCUT2D eigenvalue weighted by atomic mass is 10.2. The monoisotopic (exact) mass is 368 g/mol. The SMILES string of the molecule is Cc1ccc(N(C)S(=O)(=O)c2cc(CN)ccc2Br)cc1. The van der Waals surface area contributed by atoms with Crippen LogP contribution in [0.2, 0.25) is 0 Å². The summed E-state index contributed by atoms with van der Waals surface area (Å²) in [6.07, 6.45) is 0. The summed E-state index contributed by atoms with van der Waals surface area (Å²) in [7, 11) is -2.09. The molecule has 0 bridgehead atoms. The second-order valence-electron chi connectivity index (χ2n) is 4.78. The third-order valence-corrected chi connectivity index (χ3v) is 6.05. The predicted octanol–water partition coefficient (Wildman–Crippen LogP) is 3.04. The smallest absolute Gasteiger partial charge is 0.265 e. The number of hydrogen-bond acceptors (Lipinski definition) is 3. The minimum Gasteiger partial charge on any atom is -0.326 e. The van der Waals surface area contributed by atoms with Crippen LogP contribution < -0.4 is 10.0 Å². The fourth-order valence-corrected chi connectivity index (χ4v) is 4.08. The highest BCUT2D eigenvalue weighted by molar-refractivity contribution is 9.10. The van der Waals surface area contributed by atoms with Gasteiger partial charge in [0, 0.05) is 18.1 Å². The topological polar surface area (TPSA) is 63.4 Å². The third kappa shape index (κ3) is 3.28. The molecule has 0 atom stereocenters. The third-order valence-electron chi connectivity index (χ3n) is 3.27. The average Bonchev–Trinajstić information content (AvgIpc) is 2.47. The number of hydrogen-bond donors (Lipinski definition) is 1. The number of benzene rings is 2. The molecule has 2 N–H and O–H groups in total. The zero-order valence-electron chi connectivity index (χ0n) is 11.9. The van der Waals surface area contributed by atoms with E-state index in [9.17, 15) is 8.42 Å². The van der Waals surface area contributed by atoms with Gasteiger partial charge in [0.2, 0.25) is 0 Å². The quantitative estimate of drug-likeness (QED) is 0.901. The zero-order valence-corrected chi connectivity index (χ0v) is 14.3. The van der Waals surface area contributed by atoms with Crippen molar-refractivity contribution in [2.45, 2.75) is 18.4 Å². The highest BCUT2D eigenvalue weighted by Crippen LogP contribution is 2.28. The van der Waals surface area contributed by atoms with E-state index < -0.39 is 10.0 Å². The number of aryl methyl sites for hydroxylation is 1. The molecule has 0 saturated carbocycles. The summed E-state index contributed by atoms with van der Waals surface area (Å²) in [5, 5.41) is 0. The number of halogens is 1. The molecule has 112 valence electrons. The molecular formula is C15H17BrN2O2S. The summed E-state index contributed by atoms with van der Waals surface area (Å²) in [5.41, 5.74) is 8.06. The van der Waals surface area contributed by atoms with Crippen LogP contribution in [0.3, 0.4) is 0 Å². The van der Waals surface area contributed by atoms with Crippen LogP contribution >= 0.6 is 15.9 Å². The zero-order chi connectivity index (χ0) is 15.6. The maximum Gasteiger partial charge on any atom is 0.265 e. The number of nitrogens with two attached hydrogens (primary N) is 1. The summed E-state index contributed by atoms with van der Waals surface area (Å²) < 4.78 is 27.3. The van der Waals surface area contributed by atoms with E-state index in [-0.39, 0.29) is 4.90 Å². The van der Waals surface area contributed by atoms with Gasteiger partial charge in [-0.25, -0.2) is 8.42 Å². The van der Waals surface area contributed by atoms with Crippen molar-refractivity contribution >= 4 is 31.6 Å². The van der Waals surface area contributed by atoms with Crippen LogP contribution in [0.25, 0.3) is 0 Å². The van der Waals surface area contributed by atoms with Gasteiger partial charge in [-0.2, -0.15) is 0 Å². The van der Waals surface area contributed by atoms with Gasteiger partial charge in [-0.05, 0) is 52.7 Å². The van der Waals surface area contributed by atoms with Crippen molar-refractivity contribution in [2.24, 2.45) is 5.73 Å². The fourth-order valence-electron chi connectivity index (χ4n) is 1.91. The molecule has 0 amide bonds. The van der Waals surface area contributed by atoms with Crippen molar-refractivity contribution < 1.29 is 8.42 Å². The van der Waals surface area contributed by atoms with Crippen molar-refractivity contribution in [3.63, 3.8) is 0 Å². The molecule has 0 fully saturated rings. The molecule has 4 nitrogen and oxygen atoms in total. The first kappa shape index (κ1) is 16.0. The van der Waals surface area contributed by atoms with Crippen molar-refractivity contribution in [3.05, 3.63) is 58.1 Å². The van der Waals surface area contributed by atoms with Crippen LogP contribution in [0.1, 0.15) is 11.1 Å². The van der Waals surface area contributed by atoms with Crippen LogP contribution in [-0.2, 0) is 16.6 Å². The van der Waals surface area contributed by atoms with E-state index in [0.29, 0.717) is 16.7 Å². The molecule has 0 heterocycles. The molecule has 0 radical (unpaired) electrons. The van der Waals surface area contributed by atoms with E-state index in [4.69, 9.17) is 5.73 Å². The first-order chi connectivity index (χ1) is 9.86. The van der Waals surface area contributed by atoms with Gasteiger partial charge < -0.3 is 5.73 Å². The standard InChI is InChI=1S/C15H17BrN2O2S/c1-11-3-6-13(7-4-11)18(2)21(19,20)15-9-12(10-17)5-8-14(15)16/h3-9H,10,17H2,1-2H3. The van der Waals surface area contributed by atoms with Crippen LogP contribution in [0.5, 0.6) is 0 Å². The lowest BCUT2D eigenvalue weighted by molar-refractivity contribution is 0.593. The van der Waals surface area contributed by atoms with Gasteiger partial charge in [-0.3, -0.25) is 4.31 Å². The van der Waals surface area contributed by atoms with E-state index in [1.807, 2.05) is 19.1 Å². The van der Waals surface area contributed by atoms with Crippen LogP contribution in [0.4, 0.5) is 5.69 Å². The minimum absolute atomic E-state index is 0.216. The lowest BCUT2D eigenvalue weighted by Gasteiger charge is -2.21. The van der Waals surface area contributed by atoms with Crippen LogP contribution in [-0.4, -0.2) is 15.5 Å². The Labute approximate surface area is 133 Å². The Morgan fingerprint density at radius 3 is 2.33 bits per heavy atom. The normalized spacial score (nSPS) is 11.4. The average molecular weight is 369 g/mol. The van der Waals surface area contributed by atoms with E-state index in [2.05, 4.69) is 15.9 Å². The number of anilines is 1. The maximum absolute atomic E-state index is 12.8. The molecule has 21 heavy (non-hydrogen) atoms. The summed E-state index contributed by atoms with van der Waals surface area (Å²) in [6.45, 7) is 2.25. The molecule has 0 saturated heterocycles. The van der Waals surface area contributed by atoms with E-state index in [1.54, 1.807) is 37.4 Å². The Kier molecular flexibility index (Phi) is 4.70. The largest absolute Gasteiger partial charge is 0.326 e.